The number of carbonyl (C=O) groups is 1. The molecule has 2 aromatic heterocycles. The smallest absolute Gasteiger partial charge is 0.283 e. The highest BCUT2D eigenvalue weighted by molar-refractivity contribution is 6.04. The monoisotopic (exact) mass is 355 g/mol. The van der Waals surface area contributed by atoms with Crippen molar-refractivity contribution in [2.24, 2.45) is 0 Å². The number of amides is 1. The standard InChI is InChI=1S/C21H13N3O3/c1-2-14-6-3-7-15(12-14)19(25)22-17-9-4-8-16(13-17)20-23-24-21(27-20)18-10-5-11-26-18/h1,3-13H,(H,22,25). The summed E-state index contributed by atoms with van der Waals surface area (Å²) < 4.78 is 10.9. The molecule has 0 radical (unpaired) electrons. The topological polar surface area (TPSA) is 81.2 Å². The number of nitrogens with one attached hydrogen (secondary N) is 1. The second kappa shape index (κ2) is 7.02. The van der Waals surface area contributed by atoms with Crippen LogP contribution < -0.4 is 5.32 Å². The number of anilines is 1. The van der Waals surface area contributed by atoms with Gasteiger partial charge in [0.1, 0.15) is 0 Å². The van der Waals surface area contributed by atoms with E-state index in [1.165, 1.54) is 6.26 Å². The summed E-state index contributed by atoms with van der Waals surface area (Å²) in [6.45, 7) is 0. The number of benzene rings is 2. The van der Waals surface area contributed by atoms with Crippen molar-refractivity contribution in [3.05, 3.63) is 78.1 Å². The molecule has 0 bridgehead atoms. The maximum absolute atomic E-state index is 12.4. The number of terminal acetylenes is 1. The Morgan fingerprint density at radius 2 is 1.85 bits per heavy atom. The Balaban J connectivity index is 1.56. The zero-order valence-corrected chi connectivity index (χ0v) is 14.0. The van der Waals surface area contributed by atoms with Crippen LogP contribution in [0.2, 0.25) is 0 Å². The lowest BCUT2D eigenvalue weighted by atomic mass is 10.1. The van der Waals surface area contributed by atoms with Crippen molar-refractivity contribution in [2.45, 2.75) is 0 Å². The second-order valence-electron chi connectivity index (χ2n) is 5.65. The van der Waals surface area contributed by atoms with Gasteiger partial charge in [-0.1, -0.05) is 18.1 Å². The van der Waals surface area contributed by atoms with Gasteiger partial charge in [-0.2, -0.15) is 0 Å². The summed E-state index contributed by atoms with van der Waals surface area (Å²) in [6, 6.07) is 17.5. The maximum Gasteiger partial charge on any atom is 0.283 e. The fourth-order valence-corrected chi connectivity index (χ4v) is 2.52. The third-order valence-electron chi connectivity index (χ3n) is 3.82. The summed E-state index contributed by atoms with van der Waals surface area (Å²) in [4.78, 5) is 12.4. The van der Waals surface area contributed by atoms with E-state index < -0.39 is 0 Å². The van der Waals surface area contributed by atoms with Gasteiger partial charge in [0.25, 0.3) is 11.8 Å². The van der Waals surface area contributed by atoms with Gasteiger partial charge in [0.05, 0.1) is 6.26 Å². The van der Waals surface area contributed by atoms with Crippen LogP contribution >= 0.6 is 0 Å². The lowest BCUT2D eigenvalue weighted by Gasteiger charge is -2.06. The highest BCUT2D eigenvalue weighted by atomic mass is 16.4. The highest BCUT2D eigenvalue weighted by Gasteiger charge is 2.13. The van der Waals surface area contributed by atoms with Gasteiger partial charge in [-0.3, -0.25) is 4.79 Å². The molecule has 4 rings (SSSR count). The van der Waals surface area contributed by atoms with Gasteiger partial charge < -0.3 is 14.2 Å². The van der Waals surface area contributed by atoms with E-state index in [9.17, 15) is 4.79 Å². The molecule has 0 atom stereocenters. The predicted molar refractivity (Wildman–Crippen MR) is 99.8 cm³/mol. The van der Waals surface area contributed by atoms with Crippen LogP contribution in [0.25, 0.3) is 23.1 Å². The van der Waals surface area contributed by atoms with Crippen molar-refractivity contribution in [3.8, 4) is 35.4 Å². The Labute approximate surface area is 154 Å². The van der Waals surface area contributed by atoms with Crippen molar-refractivity contribution in [2.75, 3.05) is 5.32 Å². The van der Waals surface area contributed by atoms with Crippen LogP contribution in [0.4, 0.5) is 5.69 Å². The average Bonchev–Trinajstić information content (AvgIpc) is 3.40. The fraction of sp³-hybridized carbons (Fsp3) is 0. The number of nitrogens with zero attached hydrogens (tertiary/aromatic N) is 2. The summed E-state index contributed by atoms with van der Waals surface area (Å²) in [5.74, 6) is 3.36. The predicted octanol–water partition coefficient (Wildman–Crippen LogP) is 4.23. The molecule has 0 aliphatic rings. The van der Waals surface area contributed by atoms with Crippen LogP contribution in [0.5, 0.6) is 0 Å². The third kappa shape index (κ3) is 3.48. The average molecular weight is 355 g/mol. The first-order chi connectivity index (χ1) is 13.2. The number of aromatic nitrogens is 2. The van der Waals surface area contributed by atoms with Gasteiger partial charge in [-0.05, 0) is 48.5 Å². The van der Waals surface area contributed by atoms with E-state index in [-0.39, 0.29) is 11.8 Å². The van der Waals surface area contributed by atoms with E-state index in [1.54, 1.807) is 54.6 Å². The summed E-state index contributed by atoms with van der Waals surface area (Å²) in [7, 11) is 0. The van der Waals surface area contributed by atoms with E-state index >= 15 is 0 Å². The van der Waals surface area contributed by atoms with E-state index in [1.807, 2.05) is 6.07 Å². The number of hydrogen-bond acceptors (Lipinski definition) is 5. The molecule has 0 unspecified atom stereocenters. The number of hydrogen-bond donors (Lipinski definition) is 1. The lowest BCUT2D eigenvalue weighted by Crippen LogP contribution is -2.11. The Morgan fingerprint density at radius 3 is 2.67 bits per heavy atom. The fourth-order valence-electron chi connectivity index (χ4n) is 2.52. The molecular weight excluding hydrogens is 342 g/mol. The molecule has 0 saturated carbocycles. The van der Waals surface area contributed by atoms with Crippen LogP contribution in [0.1, 0.15) is 15.9 Å². The number of rotatable bonds is 4. The van der Waals surface area contributed by atoms with Gasteiger partial charge >= 0.3 is 0 Å². The van der Waals surface area contributed by atoms with Crippen molar-refractivity contribution >= 4 is 11.6 Å². The summed E-state index contributed by atoms with van der Waals surface area (Å²) in [5, 5.41) is 10.8. The van der Waals surface area contributed by atoms with Crippen LogP contribution in [0, 0.1) is 12.3 Å². The first-order valence-electron chi connectivity index (χ1n) is 8.09. The maximum atomic E-state index is 12.4. The molecular formula is C21H13N3O3. The molecule has 0 saturated heterocycles. The quantitative estimate of drug-likeness (QED) is 0.554. The van der Waals surface area contributed by atoms with Crippen molar-refractivity contribution < 1.29 is 13.6 Å². The first kappa shape index (κ1) is 16.4. The molecule has 6 nitrogen and oxygen atoms in total. The number of furan rings is 1. The van der Waals surface area contributed by atoms with Gasteiger partial charge in [0, 0.05) is 22.4 Å². The van der Waals surface area contributed by atoms with Crippen LogP contribution in [0.15, 0.2) is 75.8 Å². The Morgan fingerprint density at radius 1 is 1.00 bits per heavy atom. The van der Waals surface area contributed by atoms with Crippen LogP contribution in [-0.2, 0) is 0 Å². The Hall–Kier alpha value is -4.11. The minimum Gasteiger partial charge on any atom is -0.459 e. The van der Waals surface area contributed by atoms with E-state index in [0.717, 1.165) is 0 Å². The van der Waals surface area contributed by atoms with Gasteiger partial charge in [0.15, 0.2) is 5.76 Å². The molecule has 1 amide bonds. The molecule has 6 heteroatoms. The normalized spacial score (nSPS) is 10.3. The molecule has 0 spiro atoms. The first-order valence-corrected chi connectivity index (χ1v) is 8.09. The second-order valence-corrected chi connectivity index (χ2v) is 5.65. The molecule has 0 aliphatic heterocycles. The van der Waals surface area contributed by atoms with Crippen molar-refractivity contribution in [3.63, 3.8) is 0 Å². The third-order valence-corrected chi connectivity index (χ3v) is 3.82. The SMILES string of the molecule is C#Cc1cccc(C(=O)Nc2cccc(-c3nnc(-c4ccco4)o3)c2)c1. The van der Waals surface area contributed by atoms with Gasteiger partial charge in [-0.25, -0.2) is 0 Å². The van der Waals surface area contributed by atoms with Crippen molar-refractivity contribution in [1.82, 2.24) is 10.2 Å². The van der Waals surface area contributed by atoms with Gasteiger partial charge in [0.2, 0.25) is 5.89 Å². The molecule has 2 heterocycles. The molecule has 1 N–H and O–H groups in total. The molecule has 27 heavy (non-hydrogen) atoms. The minimum absolute atomic E-state index is 0.258. The van der Waals surface area contributed by atoms with E-state index in [0.29, 0.717) is 34.0 Å². The molecule has 2 aromatic carbocycles. The zero-order chi connectivity index (χ0) is 18.6. The molecule has 4 aromatic rings. The Bertz CT molecular complexity index is 1140. The lowest BCUT2D eigenvalue weighted by molar-refractivity contribution is 0.102. The minimum atomic E-state index is -0.258. The number of carbonyl (C=O) groups excluding carboxylic acids is 1. The van der Waals surface area contributed by atoms with Gasteiger partial charge in [-0.15, -0.1) is 16.6 Å². The highest BCUT2D eigenvalue weighted by Crippen LogP contribution is 2.26. The summed E-state index contributed by atoms with van der Waals surface area (Å²) in [5.41, 5.74) is 2.40. The Kier molecular flexibility index (Phi) is 4.25. The largest absolute Gasteiger partial charge is 0.459 e. The zero-order valence-electron chi connectivity index (χ0n) is 14.0. The van der Waals surface area contributed by atoms with E-state index in [4.69, 9.17) is 15.3 Å². The van der Waals surface area contributed by atoms with Crippen molar-refractivity contribution in [1.29, 1.82) is 0 Å². The van der Waals surface area contributed by atoms with Crippen LogP contribution in [0.3, 0.4) is 0 Å². The van der Waals surface area contributed by atoms with E-state index in [2.05, 4.69) is 21.4 Å². The summed E-state index contributed by atoms with van der Waals surface area (Å²) in [6.07, 6.45) is 6.91. The molecule has 0 fully saturated rings. The molecule has 0 aliphatic carbocycles. The molecule has 130 valence electrons. The van der Waals surface area contributed by atoms with Crippen LogP contribution in [-0.4, -0.2) is 16.1 Å². The summed E-state index contributed by atoms with van der Waals surface area (Å²) >= 11 is 0.